The highest BCUT2D eigenvalue weighted by atomic mass is 15.3. The van der Waals surface area contributed by atoms with Crippen LogP contribution in [0.3, 0.4) is 0 Å². The molecule has 1 aromatic heterocycles. The molecule has 0 aliphatic heterocycles. The van der Waals surface area contributed by atoms with E-state index in [2.05, 4.69) is 11.0 Å². The first-order valence-electron chi connectivity index (χ1n) is 3.84. The van der Waals surface area contributed by atoms with Gasteiger partial charge in [-0.05, 0) is 18.9 Å². The summed E-state index contributed by atoms with van der Waals surface area (Å²) in [6, 6.07) is 1.93. The summed E-state index contributed by atoms with van der Waals surface area (Å²) in [6.45, 7) is 0.981. The van der Waals surface area contributed by atoms with E-state index in [0.717, 1.165) is 25.8 Å². The molecule has 0 radical (unpaired) electrons. The summed E-state index contributed by atoms with van der Waals surface area (Å²) >= 11 is 0. The first kappa shape index (κ1) is 7.87. The summed E-state index contributed by atoms with van der Waals surface area (Å²) in [7, 11) is 0. The minimum absolute atomic E-state index is 0.876. The van der Waals surface area contributed by atoms with Crippen molar-refractivity contribution in [3.05, 3.63) is 18.5 Å². The van der Waals surface area contributed by atoms with Gasteiger partial charge in [-0.1, -0.05) is 0 Å². The molecule has 0 aliphatic rings. The molecule has 11 heavy (non-hydrogen) atoms. The van der Waals surface area contributed by atoms with E-state index in [1.807, 2.05) is 16.9 Å². The van der Waals surface area contributed by atoms with E-state index >= 15 is 0 Å². The van der Waals surface area contributed by atoms with Gasteiger partial charge in [0.15, 0.2) is 0 Å². The monoisotopic (exact) mass is 148 g/mol. The molecule has 1 rings (SSSR count). The standard InChI is InChI=1S/C9H12N2/c1-2-3-4-5-8-11-9-6-7-10-11/h1,6-7,9H,3-5,8H2. The van der Waals surface area contributed by atoms with Crippen molar-refractivity contribution >= 4 is 0 Å². The molecule has 58 valence electrons. The van der Waals surface area contributed by atoms with Crippen LogP contribution in [0.25, 0.3) is 0 Å². The molecule has 0 aliphatic carbocycles. The molecule has 0 unspecified atom stereocenters. The molecule has 0 fully saturated rings. The number of rotatable bonds is 4. The number of hydrogen-bond donors (Lipinski definition) is 0. The molecule has 0 bridgehead atoms. The van der Waals surface area contributed by atoms with Crippen molar-refractivity contribution in [2.75, 3.05) is 0 Å². The van der Waals surface area contributed by atoms with Gasteiger partial charge in [-0.3, -0.25) is 4.68 Å². The summed E-state index contributed by atoms with van der Waals surface area (Å²) in [5.41, 5.74) is 0. The summed E-state index contributed by atoms with van der Waals surface area (Å²) in [6.07, 6.45) is 12.0. The van der Waals surface area contributed by atoms with Gasteiger partial charge in [0.05, 0.1) is 0 Å². The van der Waals surface area contributed by atoms with Crippen molar-refractivity contribution in [2.24, 2.45) is 0 Å². The fourth-order valence-electron chi connectivity index (χ4n) is 0.934. The highest BCUT2D eigenvalue weighted by Crippen LogP contribution is 1.96. The van der Waals surface area contributed by atoms with Gasteiger partial charge in [-0.2, -0.15) is 5.10 Å². The second kappa shape index (κ2) is 4.56. The predicted octanol–water partition coefficient (Wildman–Crippen LogP) is 1.69. The highest BCUT2D eigenvalue weighted by molar-refractivity contribution is 4.83. The zero-order chi connectivity index (χ0) is 7.94. The van der Waals surface area contributed by atoms with Crippen molar-refractivity contribution in [2.45, 2.75) is 25.8 Å². The summed E-state index contributed by atoms with van der Waals surface area (Å²) in [4.78, 5) is 0. The van der Waals surface area contributed by atoms with E-state index in [9.17, 15) is 0 Å². The van der Waals surface area contributed by atoms with Gasteiger partial charge in [-0.25, -0.2) is 0 Å². The Labute approximate surface area is 67.2 Å². The minimum atomic E-state index is 0.876. The Hall–Kier alpha value is -1.23. The van der Waals surface area contributed by atoms with Crippen LogP contribution in [0.15, 0.2) is 18.5 Å². The zero-order valence-corrected chi connectivity index (χ0v) is 6.53. The minimum Gasteiger partial charge on any atom is -0.273 e. The number of nitrogens with zero attached hydrogens (tertiary/aromatic N) is 2. The summed E-state index contributed by atoms with van der Waals surface area (Å²) < 4.78 is 1.93. The number of aryl methyl sites for hydroxylation is 1. The molecule has 0 spiro atoms. The number of aromatic nitrogens is 2. The van der Waals surface area contributed by atoms with Crippen molar-refractivity contribution in [1.82, 2.24) is 9.78 Å². The van der Waals surface area contributed by atoms with E-state index in [-0.39, 0.29) is 0 Å². The Morgan fingerprint density at radius 1 is 1.45 bits per heavy atom. The second-order valence-corrected chi connectivity index (χ2v) is 2.43. The van der Waals surface area contributed by atoms with Crippen LogP contribution in [0.1, 0.15) is 19.3 Å². The largest absolute Gasteiger partial charge is 0.273 e. The predicted molar refractivity (Wildman–Crippen MR) is 44.9 cm³/mol. The maximum absolute atomic E-state index is 5.12. The number of hydrogen-bond acceptors (Lipinski definition) is 1. The van der Waals surface area contributed by atoms with Gasteiger partial charge in [0.2, 0.25) is 0 Å². The molecule has 1 heterocycles. The van der Waals surface area contributed by atoms with E-state index in [1.165, 1.54) is 0 Å². The average molecular weight is 148 g/mol. The van der Waals surface area contributed by atoms with E-state index in [4.69, 9.17) is 6.42 Å². The number of terminal acetylenes is 1. The SMILES string of the molecule is C#CCCCCn1cccn1. The van der Waals surface area contributed by atoms with Gasteiger partial charge in [0.25, 0.3) is 0 Å². The summed E-state index contributed by atoms with van der Waals surface area (Å²) in [5, 5.41) is 4.08. The Morgan fingerprint density at radius 3 is 3.00 bits per heavy atom. The van der Waals surface area contributed by atoms with Crippen LogP contribution in [0, 0.1) is 12.3 Å². The van der Waals surface area contributed by atoms with Crippen LogP contribution in [0.4, 0.5) is 0 Å². The quantitative estimate of drug-likeness (QED) is 0.469. The van der Waals surface area contributed by atoms with Crippen molar-refractivity contribution in [3.8, 4) is 12.3 Å². The van der Waals surface area contributed by atoms with Crippen LogP contribution in [-0.2, 0) is 6.54 Å². The van der Waals surface area contributed by atoms with Crippen LogP contribution >= 0.6 is 0 Å². The van der Waals surface area contributed by atoms with Gasteiger partial charge < -0.3 is 0 Å². The van der Waals surface area contributed by atoms with Gasteiger partial charge in [0.1, 0.15) is 0 Å². The molecule has 0 saturated carbocycles. The molecule has 0 atom stereocenters. The van der Waals surface area contributed by atoms with Crippen molar-refractivity contribution in [1.29, 1.82) is 0 Å². The third-order valence-corrected chi connectivity index (χ3v) is 1.52. The fraction of sp³-hybridized carbons (Fsp3) is 0.444. The van der Waals surface area contributed by atoms with Crippen LogP contribution < -0.4 is 0 Å². The highest BCUT2D eigenvalue weighted by Gasteiger charge is 1.88. The first-order chi connectivity index (χ1) is 5.43. The smallest absolute Gasteiger partial charge is 0.0489 e. The lowest BCUT2D eigenvalue weighted by Crippen LogP contribution is -1.97. The fourth-order valence-corrected chi connectivity index (χ4v) is 0.934. The number of unbranched alkanes of at least 4 members (excludes halogenated alkanes) is 2. The summed E-state index contributed by atoms with van der Waals surface area (Å²) in [5.74, 6) is 2.62. The zero-order valence-electron chi connectivity index (χ0n) is 6.53. The van der Waals surface area contributed by atoms with Crippen LogP contribution in [0.5, 0.6) is 0 Å². The van der Waals surface area contributed by atoms with Gasteiger partial charge >= 0.3 is 0 Å². The third kappa shape index (κ3) is 2.90. The molecular formula is C9H12N2. The lowest BCUT2D eigenvalue weighted by Gasteiger charge is -1.97. The Morgan fingerprint density at radius 2 is 2.36 bits per heavy atom. The molecular weight excluding hydrogens is 136 g/mol. The Balaban J connectivity index is 2.10. The normalized spacial score (nSPS) is 9.36. The Kier molecular flexibility index (Phi) is 3.27. The Bertz CT molecular complexity index is 218. The second-order valence-electron chi connectivity index (χ2n) is 2.43. The molecule has 2 heteroatoms. The molecule has 0 N–H and O–H groups in total. The topological polar surface area (TPSA) is 17.8 Å². The average Bonchev–Trinajstić information content (AvgIpc) is 2.50. The maximum Gasteiger partial charge on any atom is 0.0489 e. The third-order valence-electron chi connectivity index (χ3n) is 1.52. The van der Waals surface area contributed by atoms with E-state index in [1.54, 1.807) is 6.20 Å². The first-order valence-corrected chi connectivity index (χ1v) is 3.84. The van der Waals surface area contributed by atoms with Crippen LogP contribution in [-0.4, -0.2) is 9.78 Å². The van der Waals surface area contributed by atoms with Gasteiger partial charge in [-0.15, -0.1) is 12.3 Å². The maximum atomic E-state index is 5.12. The lowest BCUT2D eigenvalue weighted by molar-refractivity contribution is 0.562. The van der Waals surface area contributed by atoms with Crippen molar-refractivity contribution < 1.29 is 0 Å². The molecule has 1 aromatic rings. The van der Waals surface area contributed by atoms with Crippen LogP contribution in [0.2, 0.25) is 0 Å². The van der Waals surface area contributed by atoms with E-state index < -0.39 is 0 Å². The van der Waals surface area contributed by atoms with Gasteiger partial charge in [0, 0.05) is 25.4 Å². The molecule has 0 amide bonds. The van der Waals surface area contributed by atoms with Crippen molar-refractivity contribution in [3.63, 3.8) is 0 Å². The molecule has 0 aromatic carbocycles. The molecule has 0 saturated heterocycles. The lowest BCUT2D eigenvalue weighted by atomic mass is 10.2. The molecule has 2 nitrogen and oxygen atoms in total. The van der Waals surface area contributed by atoms with E-state index in [0.29, 0.717) is 0 Å².